The molecular weight excluding hydrogens is 538 g/mol. The van der Waals surface area contributed by atoms with E-state index in [1.165, 1.54) is 11.3 Å². The second-order valence-electron chi connectivity index (χ2n) is 11.9. The maximum Gasteiger partial charge on any atom is 0.326 e. The molecule has 0 saturated carbocycles. The Balaban J connectivity index is 1.19. The van der Waals surface area contributed by atoms with Gasteiger partial charge in [0.25, 0.3) is 0 Å². The summed E-state index contributed by atoms with van der Waals surface area (Å²) in [6, 6.07) is 29.0. The largest absolute Gasteiger partial charge is 0.481 e. The average Bonchev–Trinajstić information content (AvgIpc) is 3.50. The van der Waals surface area contributed by atoms with E-state index in [1.807, 2.05) is 34.9 Å². The van der Waals surface area contributed by atoms with Gasteiger partial charge in [0.2, 0.25) is 0 Å². The van der Waals surface area contributed by atoms with Gasteiger partial charge in [-0.25, -0.2) is 4.79 Å². The molecule has 2 aliphatic heterocycles. The number of rotatable bonds is 11. The van der Waals surface area contributed by atoms with Gasteiger partial charge in [-0.3, -0.25) is 9.36 Å². The number of aryl methyl sites for hydroxylation is 1. The fraction of sp³-hybridized carbons (Fsp3) is 0.371. The van der Waals surface area contributed by atoms with Crippen LogP contribution in [-0.4, -0.2) is 62.3 Å². The third-order valence-corrected chi connectivity index (χ3v) is 9.41. The summed E-state index contributed by atoms with van der Waals surface area (Å²) >= 11 is 0. The summed E-state index contributed by atoms with van der Waals surface area (Å²) in [6.45, 7) is 9.00. The number of nitrogens with zero attached hydrogens (tertiary/aromatic N) is 4. The van der Waals surface area contributed by atoms with Crippen molar-refractivity contribution in [3.05, 3.63) is 113 Å². The lowest BCUT2D eigenvalue weighted by atomic mass is 9.83. The van der Waals surface area contributed by atoms with E-state index < -0.39 is 5.97 Å². The number of H-pyrrole nitrogens is 1. The predicted molar refractivity (Wildman–Crippen MR) is 171 cm³/mol. The van der Waals surface area contributed by atoms with Crippen molar-refractivity contribution in [1.29, 1.82) is 0 Å². The molecule has 3 aromatic carbocycles. The molecule has 8 nitrogen and oxygen atoms in total. The number of hydrogen-bond acceptors (Lipinski definition) is 5. The van der Waals surface area contributed by atoms with E-state index in [2.05, 4.69) is 74.3 Å². The summed E-state index contributed by atoms with van der Waals surface area (Å²) in [6.07, 6.45) is 4.36. The van der Waals surface area contributed by atoms with Crippen LogP contribution >= 0.6 is 0 Å². The maximum absolute atomic E-state index is 12.5. The predicted octanol–water partition coefficient (Wildman–Crippen LogP) is 5.84. The second-order valence-corrected chi connectivity index (χ2v) is 11.9. The first-order chi connectivity index (χ1) is 21.0. The van der Waals surface area contributed by atoms with Gasteiger partial charge in [0.15, 0.2) is 0 Å². The molecule has 224 valence electrons. The number of piperidine rings is 1. The van der Waals surface area contributed by atoms with Crippen LogP contribution in [0.15, 0.2) is 102 Å². The van der Waals surface area contributed by atoms with E-state index in [9.17, 15) is 14.7 Å². The standard InChI is InChI=1S/C35H41N5O3/c1-27-35(20-24-37(25-21-35)22-11-23-38-32-17-9-8-16-30(32)36-34(38)43)40(29-14-6-3-7-15-29)26-39(27)31(18-10-19-33(41)42)28-12-4-2-5-13-28/h2-9,12-17,31H,1,10-11,18-26H2,(H,36,43)(H,41,42). The Morgan fingerprint density at radius 1 is 0.907 bits per heavy atom. The van der Waals surface area contributed by atoms with Crippen molar-refractivity contribution in [2.45, 2.75) is 56.7 Å². The van der Waals surface area contributed by atoms with Crippen molar-refractivity contribution in [2.75, 3.05) is 31.2 Å². The maximum atomic E-state index is 12.5. The normalized spacial score (nSPS) is 17.6. The van der Waals surface area contributed by atoms with Crippen molar-refractivity contribution >= 4 is 22.7 Å². The van der Waals surface area contributed by atoms with Gasteiger partial charge in [-0.05, 0) is 68.5 Å². The van der Waals surface area contributed by atoms with Crippen LogP contribution in [0.2, 0.25) is 0 Å². The molecule has 1 unspecified atom stereocenters. The van der Waals surface area contributed by atoms with Crippen LogP contribution in [-0.2, 0) is 11.3 Å². The molecule has 3 heterocycles. The number of benzene rings is 3. The molecule has 2 aliphatic rings. The minimum atomic E-state index is -0.753. The van der Waals surface area contributed by atoms with Gasteiger partial charge in [-0.2, -0.15) is 0 Å². The zero-order valence-electron chi connectivity index (χ0n) is 24.7. The SMILES string of the molecule is C=C1N(C(CCCC(=O)O)c2ccccc2)CN(c2ccccc2)C12CCN(CCCn1c(=O)[nH]c3ccccc31)CC2. The monoisotopic (exact) mass is 579 g/mol. The molecule has 4 aromatic rings. The summed E-state index contributed by atoms with van der Waals surface area (Å²) in [7, 11) is 0. The average molecular weight is 580 g/mol. The summed E-state index contributed by atoms with van der Waals surface area (Å²) < 4.78 is 1.85. The Bertz CT molecular complexity index is 1600. The van der Waals surface area contributed by atoms with Crippen LogP contribution in [0.25, 0.3) is 11.0 Å². The Labute approximate surface area is 252 Å². The number of aromatic amines is 1. The molecule has 2 saturated heterocycles. The molecule has 6 rings (SSSR count). The Morgan fingerprint density at radius 2 is 1.58 bits per heavy atom. The number of hydrogen-bond donors (Lipinski definition) is 2. The highest BCUT2D eigenvalue weighted by Crippen LogP contribution is 2.48. The first-order valence-electron chi connectivity index (χ1n) is 15.4. The van der Waals surface area contributed by atoms with Gasteiger partial charge >= 0.3 is 11.7 Å². The van der Waals surface area contributed by atoms with Gasteiger partial charge in [-0.15, -0.1) is 0 Å². The highest BCUT2D eigenvalue weighted by molar-refractivity contribution is 5.74. The first-order valence-corrected chi connectivity index (χ1v) is 15.4. The Kier molecular flexibility index (Phi) is 8.38. The molecule has 2 N–H and O–H groups in total. The van der Waals surface area contributed by atoms with Crippen molar-refractivity contribution in [3.63, 3.8) is 0 Å². The van der Waals surface area contributed by atoms with E-state index in [0.717, 1.165) is 68.7 Å². The zero-order valence-corrected chi connectivity index (χ0v) is 24.7. The molecule has 0 bridgehead atoms. The summed E-state index contributed by atoms with van der Waals surface area (Å²) in [5.41, 5.74) is 5.11. The van der Waals surface area contributed by atoms with Gasteiger partial charge in [0, 0.05) is 37.4 Å². The third-order valence-electron chi connectivity index (χ3n) is 9.41. The molecule has 2 fully saturated rings. The number of aliphatic carboxylic acids is 1. The lowest BCUT2D eigenvalue weighted by molar-refractivity contribution is -0.137. The summed E-state index contributed by atoms with van der Waals surface area (Å²) in [5, 5.41) is 9.34. The number of fused-ring (bicyclic) bond motifs is 1. The fourth-order valence-electron chi connectivity index (χ4n) is 7.13. The van der Waals surface area contributed by atoms with E-state index >= 15 is 0 Å². The molecule has 0 aliphatic carbocycles. The minimum Gasteiger partial charge on any atom is -0.481 e. The number of likely N-dealkylation sites (tertiary alicyclic amines) is 1. The number of anilines is 1. The highest BCUT2D eigenvalue weighted by atomic mass is 16.4. The molecular formula is C35H41N5O3. The van der Waals surface area contributed by atoms with Crippen LogP contribution in [0.4, 0.5) is 5.69 Å². The quantitative estimate of drug-likeness (QED) is 0.232. The van der Waals surface area contributed by atoms with Gasteiger partial charge in [0.1, 0.15) is 0 Å². The van der Waals surface area contributed by atoms with Crippen LogP contribution in [0.3, 0.4) is 0 Å². The highest BCUT2D eigenvalue weighted by Gasteiger charge is 2.51. The van der Waals surface area contributed by atoms with Crippen LogP contribution < -0.4 is 10.6 Å². The summed E-state index contributed by atoms with van der Waals surface area (Å²) in [4.78, 5) is 34.3. The number of para-hydroxylation sites is 3. The number of carboxylic acid groups (broad SMARTS) is 1. The number of aromatic nitrogens is 2. The fourth-order valence-corrected chi connectivity index (χ4v) is 7.13. The van der Waals surface area contributed by atoms with Gasteiger partial charge in [0.05, 0.1) is 29.3 Å². The van der Waals surface area contributed by atoms with Gasteiger partial charge < -0.3 is 24.8 Å². The molecule has 0 radical (unpaired) electrons. The van der Waals surface area contributed by atoms with E-state index in [1.54, 1.807) is 0 Å². The van der Waals surface area contributed by atoms with Crippen LogP contribution in [0.5, 0.6) is 0 Å². The number of nitrogens with one attached hydrogen (secondary N) is 1. The first kappa shape index (κ1) is 28.8. The molecule has 1 aromatic heterocycles. The van der Waals surface area contributed by atoms with Crippen molar-refractivity contribution in [3.8, 4) is 0 Å². The van der Waals surface area contributed by atoms with Crippen LogP contribution in [0.1, 0.15) is 50.1 Å². The smallest absolute Gasteiger partial charge is 0.326 e. The number of carbonyl (C=O) groups is 1. The molecule has 8 heteroatoms. The molecule has 43 heavy (non-hydrogen) atoms. The van der Waals surface area contributed by atoms with Crippen LogP contribution in [0, 0.1) is 0 Å². The van der Waals surface area contributed by atoms with Gasteiger partial charge in [-0.1, -0.05) is 67.2 Å². The second kappa shape index (κ2) is 12.5. The molecule has 0 amide bonds. The Morgan fingerprint density at radius 3 is 2.30 bits per heavy atom. The zero-order chi connectivity index (χ0) is 29.8. The summed E-state index contributed by atoms with van der Waals surface area (Å²) in [5.74, 6) is -0.753. The topological polar surface area (TPSA) is 84.8 Å². The molecule has 1 atom stereocenters. The number of carboxylic acids is 1. The Hall–Kier alpha value is -4.30. The van der Waals surface area contributed by atoms with Crippen molar-refractivity contribution in [2.24, 2.45) is 0 Å². The lowest BCUT2D eigenvalue weighted by Crippen LogP contribution is -2.53. The van der Waals surface area contributed by atoms with E-state index in [-0.39, 0.29) is 23.7 Å². The van der Waals surface area contributed by atoms with Crippen molar-refractivity contribution < 1.29 is 9.90 Å². The van der Waals surface area contributed by atoms with Crippen molar-refractivity contribution in [1.82, 2.24) is 19.4 Å². The number of imidazole rings is 1. The molecule has 1 spiro atoms. The van der Waals surface area contributed by atoms with E-state index in [4.69, 9.17) is 6.58 Å². The lowest BCUT2D eigenvalue weighted by Gasteiger charge is -2.45. The van der Waals surface area contributed by atoms with E-state index in [0.29, 0.717) is 13.0 Å². The minimum absolute atomic E-state index is 0.0454. The third kappa shape index (κ3) is 5.84.